The summed E-state index contributed by atoms with van der Waals surface area (Å²) in [5.74, 6) is 2.05. The molecule has 1 aromatic heterocycles. The topological polar surface area (TPSA) is 78.3 Å². The number of aryl methyl sites for hydroxylation is 1. The number of ether oxygens (including phenoxy) is 2. The molecule has 0 fully saturated rings. The van der Waals surface area contributed by atoms with Crippen molar-refractivity contribution >= 4 is 23.4 Å². The molecule has 0 saturated carbocycles. The molecule has 3 aromatic carbocycles. The van der Waals surface area contributed by atoms with E-state index in [1.807, 2.05) is 78.2 Å². The van der Waals surface area contributed by atoms with Crippen LogP contribution in [0.4, 0.5) is 5.69 Å². The minimum Gasteiger partial charge on any atom is -0.497 e. The lowest BCUT2D eigenvalue weighted by atomic mass is 10.1. The van der Waals surface area contributed by atoms with Gasteiger partial charge in [0.25, 0.3) is 0 Å². The van der Waals surface area contributed by atoms with E-state index in [9.17, 15) is 4.79 Å². The highest BCUT2D eigenvalue weighted by Gasteiger charge is 2.19. The lowest BCUT2D eigenvalue weighted by Crippen LogP contribution is -2.14. The van der Waals surface area contributed by atoms with Gasteiger partial charge < -0.3 is 14.8 Å². The summed E-state index contributed by atoms with van der Waals surface area (Å²) in [4.78, 5) is 12.6. The Kier molecular flexibility index (Phi) is 6.95. The number of hydrogen-bond donors (Lipinski definition) is 1. The quantitative estimate of drug-likeness (QED) is 0.373. The molecule has 1 amide bonds. The smallest absolute Gasteiger partial charge is 0.234 e. The predicted molar refractivity (Wildman–Crippen MR) is 130 cm³/mol. The molecule has 0 aliphatic carbocycles. The van der Waals surface area contributed by atoms with Crippen molar-refractivity contribution < 1.29 is 14.3 Å². The molecule has 0 aliphatic rings. The van der Waals surface area contributed by atoms with Gasteiger partial charge >= 0.3 is 0 Å². The first-order valence-corrected chi connectivity index (χ1v) is 11.3. The van der Waals surface area contributed by atoms with Gasteiger partial charge in [0.15, 0.2) is 11.0 Å². The first kappa shape index (κ1) is 22.4. The molecule has 0 unspecified atom stereocenters. The second kappa shape index (κ2) is 10.2. The van der Waals surface area contributed by atoms with E-state index in [0.29, 0.717) is 28.2 Å². The molecule has 33 heavy (non-hydrogen) atoms. The fourth-order valence-corrected chi connectivity index (χ4v) is 4.07. The largest absolute Gasteiger partial charge is 0.497 e. The molecule has 1 N–H and O–H groups in total. The van der Waals surface area contributed by atoms with Crippen LogP contribution in [0.25, 0.3) is 17.1 Å². The van der Waals surface area contributed by atoms with Crippen molar-refractivity contribution in [3.8, 4) is 28.6 Å². The number of benzene rings is 3. The normalized spacial score (nSPS) is 10.6. The van der Waals surface area contributed by atoms with E-state index in [0.717, 1.165) is 16.8 Å². The van der Waals surface area contributed by atoms with E-state index in [1.165, 1.54) is 11.8 Å². The van der Waals surface area contributed by atoms with Gasteiger partial charge in [0.1, 0.15) is 11.5 Å². The summed E-state index contributed by atoms with van der Waals surface area (Å²) in [6, 6.07) is 23.0. The van der Waals surface area contributed by atoms with Crippen LogP contribution in [0, 0.1) is 6.92 Å². The number of para-hydroxylation sites is 1. The fraction of sp³-hybridized carbons (Fsp3) is 0.160. The molecule has 8 heteroatoms. The first-order chi connectivity index (χ1) is 16.1. The van der Waals surface area contributed by atoms with Gasteiger partial charge in [-0.1, -0.05) is 47.7 Å². The van der Waals surface area contributed by atoms with Crippen molar-refractivity contribution in [3.05, 3.63) is 78.4 Å². The second-order valence-electron chi connectivity index (χ2n) is 7.25. The number of hydrogen-bond acceptors (Lipinski definition) is 6. The maximum absolute atomic E-state index is 12.6. The molecule has 0 saturated heterocycles. The minimum atomic E-state index is -0.148. The Morgan fingerprint density at radius 1 is 0.970 bits per heavy atom. The SMILES string of the molecule is COc1cccc(NC(=O)CSc2nnc(-c3ccccc3OC)n2-c2ccc(C)cc2)c1. The Morgan fingerprint density at radius 2 is 1.76 bits per heavy atom. The Bertz CT molecular complexity index is 1250. The van der Waals surface area contributed by atoms with Crippen molar-refractivity contribution in [2.45, 2.75) is 12.1 Å². The van der Waals surface area contributed by atoms with Crippen LogP contribution < -0.4 is 14.8 Å². The zero-order valence-corrected chi connectivity index (χ0v) is 19.4. The molecule has 168 valence electrons. The van der Waals surface area contributed by atoms with Crippen LogP contribution >= 0.6 is 11.8 Å². The van der Waals surface area contributed by atoms with Gasteiger partial charge in [-0.3, -0.25) is 9.36 Å². The minimum absolute atomic E-state index is 0.148. The van der Waals surface area contributed by atoms with E-state index < -0.39 is 0 Å². The maximum Gasteiger partial charge on any atom is 0.234 e. The Hall–Kier alpha value is -3.78. The van der Waals surface area contributed by atoms with E-state index >= 15 is 0 Å². The molecule has 4 aromatic rings. The van der Waals surface area contributed by atoms with Crippen LogP contribution in [0.2, 0.25) is 0 Å². The summed E-state index contributed by atoms with van der Waals surface area (Å²) in [7, 11) is 3.22. The number of nitrogens with one attached hydrogen (secondary N) is 1. The fourth-order valence-electron chi connectivity index (χ4n) is 3.32. The number of aromatic nitrogens is 3. The van der Waals surface area contributed by atoms with Crippen LogP contribution in [-0.2, 0) is 4.79 Å². The highest BCUT2D eigenvalue weighted by Crippen LogP contribution is 2.33. The summed E-state index contributed by atoms with van der Waals surface area (Å²) in [5.41, 5.74) is 3.55. The number of amides is 1. The lowest BCUT2D eigenvalue weighted by Gasteiger charge is -2.13. The number of anilines is 1. The molecular formula is C25H24N4O3S. The molecule has 0 bridgehead atoms. The number of methoxy groups -OCH3 is 2. The van der Waals surface area contributed by atoms with Gasteiger partial charge in [0.05, 0.1) is 25.5 Å². The molecule has 1 heterocycles. The van der Waals surface area contributed by atoms with E-state index in [4.69, 9.17) is 9.47 Å². The number of carbonyl (C=O) groups excluding carboxylic acids is 1. The standard InChI is InChI=1S/C25H24N4O3S/c1-17-11-13-19(14-12-17)29-24(21-9-4-5-10-22(21)32-3)27-28-25(29)33-16-23(30)26-18-7-6-8-20(15-18)31-2/h4-15H,16H2,1-3H3,(H,26,30). The summed E-state index contributed by atoms with van der Waals surface area (Å²) in [6.07, 6.45) is 0. The molecule has 0 spiro atoms. The highest BCUT2D eigenvalue weighted by atomic mass is 32.2. The third kappa shape index (κ3) is 5.18. The van der Waals surface area contributed by atoms with Crippen molar-refractivity contribution in [3.63, 3.8) is 0 Å². The summed E-state index contributed by atoms with van der Waals surface area (Å²) in [6.45, 7) is 2.04. The predicted octanol–water partition coefficient (Wildman–Crippen LogP) is 4.99. The first-order valence-electron chi connectivity index (χ1n) is 10.3. The number of nitrogens with zero attached hydrogens (tertiary/aromatic N) is 3. The van der Waals surface area contributed by atoms with E-state index in [1.54, 1.807) is 20.3 Å². The van der Waals surface area contributed by atoms with E-state index in [2.05, 4.69) is 15.5 Å². The van der Waals surface area contributed by atoms with Crippen molar-refractivity contribution in [2.24, 2.45) is 0 Å². The second-order valence-corrected chi connectivity index (χ2v) is 8.19. The molecule has 0 aliphatic heterocycles. The average Bonchev–Trinajstić information content (AvgIpc) is 3.27. The third-order valence-corrected chi connectivity index (χ3v) is 5.89. The van der Waals surface area contributed by atoms with Gasteiger partial charge in [0, 0.05) is 17.4 Å². The Balaban J connectivity index is 1.62. The van der Waals surface area contributed by atoms with Gasteiger partial charge in [-0.15, -0.1) is 10.2 Å². The van der Waals surface area contributed by atoms with E-state index in [-0.39, 0.29) is 11.7 Å². The monoisotopic (exact) mass is 460 g/mol. The van der Waals surface area contributed by atoms with Crippen molar-refractivity contribution in [1.82, 2.24) is 14.8 Å². The van der Waals surface area contributed by atoms with Crippen molar-refractivity contribution in [1.29, 1.82) is 0 Å². The number of carbonyl (C=O) groups is 1. The summed E-state index contributed by atoms with van der Waals surface area (Å²) >= 11 is 1.32. The maximum atomic E-state index is 12.6. The summed E-state index contributed by atoms with van der Waals surface area (Å²) < 4.78 is 12.7. The molecule has 0 atom stereocenters. The van der Waals surface area contributed by atoms with Crippen LogP contribution in [0.1, 0.15) is 5.56 Å². The van der Waals surface area contributed by atoms with Gasteiger partial charge in [-0.2, -0.15) is 0 Å². The van der Waals surface area contributed by atoms with Crippen molar-refractivity contribution in [2.75, 3.05) is 25.3 Å². The highest BCUT2D eigenvalue weighted by molar-refractivity contribution is 7.99. The zero-order chi connectivity index (χ0) is 23.2. The molecule has 4 rings (SSSR count). The third-order valence-electron chi connectivity index (χ3n) is 4.96. The molecule has 7 nitrogen and oxygen atoms in total. The van der Waals surface area contributed by atoms with Gasteiger partial charge in [-0.25, -0.2) is 0 Å². The van der Waals surface area contributed by atoms with Gasteiger partial charge in [0.2, 0.25) is 5.91 Å². The molecular weight excluding hydrogens is 436 g/mol. The Morgan fingerprint density at radius 3 is 2.52 bits per heavy atom. The Labute approximate surface area is 196 Å². The van der Waals surface area contributed by atoms with Gasteiger partial charge in [-0.05, 0) is 43.3 Å². The van der Waals surface area contributed by atoms with Crippen LogP contribution in [0.3, 0.4) is 0 Å². The summed E-state index contributed by atoms with van der Waals surface area (Å²) in [5, 5.41) is 12.3. The molecule has 0 radical (unpaired) electrons. The number of rotatable bonds is 8. The lowest BCUT2D eigenvalue weighted by molar-refractivity contribution is -0.113. The van der Waals surface area contributed by atoms with Crippen LogP contribution in [-0.4, -0.2) is 40.6 Å². The average molecular weight is 461 g/mol. The number of thioether (sulfide) groups is 1. The zero-order valence-electron chi connectivity index (χ0n) is 18.6. The van der Waals surface area contributed by atoms with Crippen LogP contribution in [0.5, 0.6) is 11.5 Å². The van der Waals surface area contributed by atoms with Crippen LogP contribution in [0.15, 0.2) is 78.0 Å².